The summed E-state index contributed by atoms with van der Waals surface area (Å²) in [4.78, 5) is 27.6. The molecule has 2 aliphatic heterocycles. The standard InChI is InChI=1S/2C13H25NO4/c2*1-9(15)7-10-8-17-13(5,6)14(10)11(16)18-12(2,3)4/h2*9-10,15H,7-8H2,1-6H3/t9-,10+;9-,10-/m10/s1. The Balaban J connectivity index is 0.000000360. The largest absolute Gasteiger partial charge is 0.444 e. The predicted molar refractivity (Wildman–Crippen MR) is 136 cm³/mol. The molecule has 0 aromatic carbocycles. The number of rotatable bonds is 4. The van der Waals surface area contributed by atoms with E-state index < -0.39 is 47.0 Å². The fourth-order valence-electron chi connectivity index (χ4n) is 4.26. The van der Waals surface area contributed by atoms with Crippen LogP contribution in [0.25, 0.3) is 0 Å². The van der Waals surface area contributed by atoms with Gasteiger partial charge in [0.15, 0.2) is 0 Å². The number of aliphatic hydroxyl groups is 2. The van der Waals surface area contributed by atoms with Gasteiger partial charge in [-0.15, -0.1) is 0 Å². The van der Waals surface area contributed by atoms with Crippen LogP contribution in [-0.4, -0.2) is 92.4 Å². The second kappa shape index (κ2) is 11.8. The van der Waals surface area contributed by atoms with Crippen molar-refractivity contribution in [3.63, 3.8) is 0 Å². The molecule has 0 radical (unpaired) electrons. The van der Waals surface area contributed by atoms with Crippen LogP contribution < -0.4 is 0 Å². The number of ether oxygens (including phenoxy) is 4. The van der Waals surface area contributed by atoms with Gasteiger partial charge in [-0.1, -0.05) is 0 Å². The van der Waals surface area contributed by atoms with Crippen LogP contribution in [0.3, 0.4) is 0 Å². The van der Waals surface area contributed by atoms with Crippen molar-refractivity contribution in [2.45, 2.75) is 143 Å². The smallest absolute Gasteiger partial charge is 0.412 e. The Morgan fingerprint density at radius 3 is 1.28 bits per heavy atom. The summed E-state index contributed by atoms with van der Waals surface area (Å²) in [5.74, 6) is 0. The number of carbonyl (C=O) groups excluding carboxylic acids is 2. The molecule has 10 heteroatoms. The van der Waals surface area contributed by atoms with Crippen molar-refractivity contribution in [1.29, 1.82) is 0 Å². The molecule has 212 valence electrons. The highest BCUT2D eigenvalue weighted by Crippen LogP contribution is 2.32. The van der Waals surface area contributed by atoms with Crippen molar-refractivity contribution in [3.8, 4) is 0 Å². The SMILES string of the molecule is C[C@@H](O)C[C@H]1COC(C)(C)N1C(=O)OC(C)(C)C.C[C@H](O)C[C@H]1COC(C)(C)N1C(=O)OC(C)(C)C. The zero-order valence-corrected chi connectivity index (χ0v) is 24.4. The maximum Gasteiger partial charge on any atom is 0.412 e. The molecule has 10 nitrogen and oxygen atoms in total. The van der Waals surface area contributed by atoms with Gasteiger partial charge in [-0.25, -0.2) is 9.59 Å². The van der Waals surface area contributed by atoms with Crippen LogP contribution in [-0.2, 0) is 18.9 Å². The van der Waals surface area contributed by atoms with Gasteiger partial charge >= 0.3 is 12.2 Å². The molecule has 0 spiro atoms. The van der Waals surface area contributed by atoms with Crippen molar-refractivity contribution in [2.75, 3.05) is 13.2 Å². The van der Waals surface area contributed by atoms with Crippen LogP contribution in [0.2, 0.25) is 0 Å². The van der Waals surface area contributed by atoms with Crippen molar-refractivity contribution in [1.82, 2.24) is 9.80 Å². The van der Waals surface area contributed by atoms with Gasteiger partial charge in [-0.2, -0.15) is 0 Å². The predicted octanol–water partition coefficient (Wildman–Crippen LogP) is 4.26. The Morgan fingerprint density at radius 1 is 0.778 bits per heavy atom. The number of hydrogen-bond donors (Lipinski definition) is 2. The Kier molecular flexibility index (Phi) is 10.7. The molecule has 2 amide bonds. The van der Waals surface area contributed by atoms with E-state index >= 15 is 0 Å². The molecule has 0 unspecified atom stereocenters. The van der Waals surface area contributed by atoms with Crippen molar-refractivity contribution < 1.29 is 38.7 Å². The van der Waals surface area contributed by atoms with Crippen molar-refractivity contribution in [3.05, 3.63) is 0 Å². The van der Waals surface area contributed by atoms with E-state index in [2.05, 4.69) is 0 Å². The van der Waals surface area contributed by atoms with E-state index in [-0.39, 0.29) is 12.1 Å². The number of carbonyl (C=O) groups is 2. The lowest BCUT2D eigenvalue weighted by molar-refractivity contribution is -0.0647. The van der Waals surface area contributed by atoms with Crippen molar-refractivity contribution >= 4 is 12.2 Å². The third kappa shape index (κ3) is 10.0. The lowest BCUT2D eigenvalue weighted by Crippen LogP contribution is -2.50. The molecule has 2 saturated heterocycles. The second-order valence-electron chi connectivity index (χ2n) is 12.7. The van der Waals surface area contributed by atoms with E-state index in [1.165, 1.54) is 0 Å². The summed E-state index contributed by atoms with van der Waals surface area (Å²) in [5.41, 5.74) is -2.46. The van der Waals surface area contributed by atoms with Gasteiger partial charge < -0.3 is 29.2 Å². The maximum absolute atomic E-state index is 12.2. The van der Waals surface area contributed by atoms with Crippen LogP contribution >= 0.6 is 0 Å². The Morgan fingerprint density at radius 2 is 1.06 bits per heavy atom. The van der Waals surface area contributed by atoms with Gasteiger partial charge in [0.2, 0.25) is 0 Å². The van der Waals surface area contributed by atoms with Crippen LogP contribution in [0.4, 0.5) is 9.59 Å². The van der Waals surface area contributed by atoms with Crippen LogP contribution in [0.5, 0.6) is 0 Å². The second-order valence-corrected chi connectivity index (χ2v) is 12.7. The molecule has 2 rings (SSSR count). The van der Waals surface area contributed by atoms with Gasteiger partial charge in [0.25, 0.3) is 0 Å². The Hall–Kier alpha value is -1.62. The molecule has 4 atom stereocenters. The van der Waals surface area contributed by atoms with Gasteiger partial charge in [-0.3, -0.25) is 9.80 Å². The molecule has 0 saturated carbocycles. The van der Waals surface area contributed by atoms with Gasteiger partial charge in [0, 0.05) is 0 Å². The minimum absolute atomic E-state index is 0.144. The zero-order chi connectivity index (χ0) is 28.3. The van der Waals surface area contributed by atoms with E-state index in [4.69, 9.17) is 18.9 Å². The number of aliphatic hydroxyl groups excluding tert-OH is 2. The monoisotopic (exact) mass is 518 g/mol. The fraction of sp³-hybridized carbons (Fsp3) is 0.923. The minimum Gasteiger partial charge on any atom is -0.444 e. The first-order valence-electron chi connectivity index (χ1n) is 12.7. The molecular formula is C26H50N2O8. The van der Waals surface area contributed by atoms with Crippen molar-refractivity contribution in [2.24, 2.45) is 0 Å². The molecule has 0 bridgehead atoms. The number of nitrogens with zero attached hydrogens (tertiary/aromatic N) is 2. The Labute approximate surface area is 217 Å². The molecule has 2 N–H and O–H groups in total. The summed E-state index contributed by atoms with van der Waals surface area (Å²) in [5, 5.41) is 19.0. The molecule has 2 heterocycles. The molecule has 0 aliphatic carbocycles. The Bertz CT molecular complexity index is 675. The fourth-order valence-corrected chi connectivity index (χ4v) is 4.26. The first-order chi connectivity index (χ1) is 16.1. The average Bonchev–Trinajstić information content (AvgIpc) is 3.06. The topological polar surface area (TPSA) is 118 Å². The van der Waals surface area contributed by atoms with Gasteiger partial charge in [0.05, 0.1) is 37.5 Å². The van der Waals surface area contributed by atoms with E-state index in [0.717, 1.165) is 0 Å². The summed E-state index contributed by atoms with van der Waals surface area (Å²) in [6.07, 6.45) is -0.757. The summed E-state index contributed by atoms with van der Waals surface area (Å²) >= 11 is 0. The quantitative estimate of drug-likeness (QED) is 0.567. The highest BCUT2D eigenvalue weighted by atomic mass is 16.6. The lowest BCUT2D eigenvalue weighted by atomic mass is 10.1. The summed E-state index contributed by atoms with van der Waals surface area (Å²) in [7, 11) is 0. The van der Waals surface area contributed by atoms with Crippen LogP contribution in [0.15, 0.2) is 0 Å². The maximum atomic E-state index is 12.2. The highest BCUT2D eigenvalue weighted by molar-refractivity contribution is 5.70. The van der Waals surface area contributed by atoms with E-state index in [1.807, 2.05) is 69.2 Å². The molecule has 2 fully saturated rings. The molecule has 0 aromatic heterocycles. The van der Waals surface area contributed by atoms with Crippen LogP contribution in [0.1, 0.15) is 95.9 Å². The molecule has 36 heavy (non-hydrogen) atoms. The third-order valence-electron chi connectivity index (χ3n) is 5.56. The molecule has 0 aromatic rings. The first-order valence-corrected chi connectivity index (χ1v) is 12.7. The van der Waals surface area contributed by atoms with Crippen LogP contribution in [0, 0.1) is 0 Å². The lowest BCUT2D eigenvalue weighted by Gasteiger charge is -2.35. The average molecular weight is 519 g/mol. The van der Waals surface area contributed by atoms with E-state index in [0.29, 0.717) is 26.1 Å². The first kappa shape index (κ1) is 32.4. The van der Waals surface area contributed by atoms with E-state index in [9.17, 15) is 19.8 Å². The highest BCUT2D eigenvalue weighted by Gasteiger charge is 2.47. The van der Waals surface area contributed by atoms with E-state index in [1.54, 1.807) is 23.6 Å². The minimum atomic E-state index is -0.693. The summed E-state index contributed by atoms with van der Waals surface area (Å²) in [6.45, 7) is 22.6. The molecular weight excluding hydrogens is 468 g/mol. The number of amides is 2. The normalized spacial score (nSPS) is 25.1. The number of hydrogen-bond acceptors (Lipinski definition) is 8. The zero-order valence-electron chi connectivity index (χ0n) is 24.4. The molecule has 2 aliphatic rings. The third-order valence-corrected chi connectivity index (χ3v) is 5.56. The van der Waals surface area contributed by atoms with Gasteiger partial charge in [0.1, 0.15) is 22.7 Å². The summed E-state index contributed by atoms with van der Waals surface area (Å²) < 4.78 is 22.0. The van der Waals surface area contributed by atoms with Gasteiger partial charge in [-0.05, 0) is 95.9 Å². The summed E-state index contributed by atoms with van der Waals surface area (Å²) in [6, 6.07) is -0.287.